The molecular formula is C14H16NOS+. The van der Waals surface area contributed by atoms with E-state index in [-0.39, 0.29) is 0 Å². The molecule has 1 aromatic heterocycles. The molecule has 0 spiro atoms. The summed E-state index contributed by atoms with van der Waals surface area (Å²) in [5.74, 6) is 3.33. The molecule has 1 heterocycles. The first-order valence-corrected chi connectivity index (χ1v) is 6.57. The van der Waals surface area contributed by atoms with Crippen LogP contribution in [0.1, 0.15) is 18.4 Å². The number of hydrogen-bond acceptors (Lipinski definition) is 2. The lowest BCUT2D eigenvalue weighted by atomic mass is 10.3. The molecule has 0 aliphatic carbocycles. The minimum atomic E-state index is 0.322. The van der Waals surface area contributed by atoms with Crippen LogP contribution in [0.3, 0.4) is 0 Å². The van der Waals surface area contributed by atoms with Crippen molar-refractivity contribution in [2.45, 2.75) is 26.8 Å². The van der Waals surface area contributed by atoms with Gasteiger partial charge in [-0.15, -0.1) is 6.42 Å². The van der Waals surface area contributed by atoms with E-state index < -0.39 is 0 Å². The zero-order valence-corrected chi connectivity index (χ0v) is 11.0. The summed E-state index contributed by atoms with van der Waals surface area (Å²) in [7, 11) is 0. The molecule has 0 saturated carbocycles. The Morgan fingerprint density at radius 3 is 3.00 bits per heavy atom. The molecular weight excluding hydrogens is 230 g/mol. The molecule has 2 rings (SSSR count). The lowest BCUT2D eigenvalue weighted by Crippen LogP contribution is -2.34. The molecule has 2 aromatic rings. The average molecular weight is 246 g/mol. The zero-order chi connectivity index (χ0) is 12.3. The second-order valence-electron chi connectivity index (χ2n) is 3.90. The molecule has 88 valence electrons. The van der Waals surface area contributed by atoms with Crippen molar-refractivity contribution in [3.8, 4) is 18.1 Å². The van der Waals surface area contributed by atoms with Crippen molar-refractivity contribution in [2.24, 2.45) is 0 Å². The van der Waals surface area contributed by atoms with Gasteiger partial charge >= 0.3 is 0 Å². The SMILES string of the molecule is C#CCOc1ccc2sc(C)[n+](CCC)c2c1. The Balaban J connectivity index is 2.43. The van der Waals surface area contributed by atoms with E-state index >= 15 is 0 Å². The van der Waals surface area contributed by atoms with Crippen molar-refractivity contribution in [3.05, 3.63) is 23.2 Å². The summed E-state index contributed by atoms with van der Waals surface area (Å²) in [5.41, 5.74) is 1.24. The van der Waals surface area contributed by atoms with Gasteiger partial charge in [0.1, 0.15) is 23.6 Å². The average Bonchev–Trinajstić information content (AvgIpc) is 2.64. The maximum Gasteiger partial charge on any atom is 0.235 e. The van der Waals surface area contributed by atoms with E-state index in [1.165, 1.54) is 15.2 Å². The predicted octanol–water partition coefficient (Wildman–Crippen LogP) is 2.92. The van der Waals surface area contributed by atoms with Gasteiger partial charge in [-0.3, -0.25) is 0 Å². The molecule has 0 fully saturated rings. The van der Waals surface area contributed by atoms with E-state index in [0.29, 0.717) is 6.61 Å². The van der Waals surface area contributed by atoms with Crippen LogP contribution < -0.4 is 9.30 Å². The molecule has 0 saturated heterocycles. The van der Waals surface area contributed by atoms with E-state index in [9.17, 15) is 0 Å². The van der Waals surface area contributed by atoms with Crippen molar-refractivity contribution in [3.63, 3.8) is 0 Å². The number of terminal acetylenes is 1. The molecule has 0 unspecified atom stereocenters. The fraction of sp³-hybridized carbons (Fsp3) is 0.357. The maximum absolute atomic E-state index is 5.46. The second-order valence-corrected chi connectivity index (χ2v) is 5.13. The van der Waals surface area contributed by atoms with Gasteiger partial charge in [0, 0.05) is 13.3 Å². The van der Waals surface area contributed by atoms with E-state index in [0.717, 1.165) is 18.7 Å². The smallest absolute Gasteiger partial charge is 0.235 e. The number of hydrogen-bond donors (Lipinski definition) is 0. The molecule has 3 heteroatoms. The van der Waals surface area contributed by atoms with Crippen molar-refractivity contribution in [1.29, 1.82) is 0 Å². The number of thiazole rings is 1. The highest BCUT2D eigenvalue weighted by atomic mass is 32.1. The highest BCUT2D eigenvalue weighted by molar-refractivity contribution is 7.18. The minimum Gasteiger partial charge on any atom is -0.481 e. The number of benzene rings is 1. The maximum atomic E-state index is 5.46. The Morgan fingerprint density at radius 2 is 2.29 bits per heavy atom. The third kappa shape index (κ3) is 2.42. The number of aryl methyl sites for hydroxylation is 2. The van der Waals surface area contributed by atoms with E-state index in [1.54, 1.807) is 0 Å². The topological polar surface area (TPSA) is 13.1 Å². The largest absolute Gasteiger partial charge is 0.481 e. The zero-order valence-electron chi connectivity index (χ0n) is 10.2. The molecule has 0 radical (unpaired) electrons. The monoisotopic (exact) mass is 246 g/mol. The van der Waals surface area contributed by atoms with Crippen molar-refractivity contribution >= 4 is 21.6 Å². The molecule has 0 aliphatic rings. The third-order valence-electron chi connectivity index (χ3n) is 2.63. The Hall–Kier alpha value is -1.53. The molecule has 17 heavy (non-hydrogen) atoms. The number of nitrogens with zero attached hydrogens (tertiary/aromatic N) is 1. The van der Waals surface area contributed by atoms with Crippen LogP contribution >= 0.6 is 11.3 Å². The third-order valence-corrected chi connectivity index (χ3v) is 3.71. The summed E-state index contributed by atoms with van der Waals surface area (Å²) in [6.45, 7) is 5.71. The first-order valence-electron chi connectivity index (χ1n) is 5.75. The predicted molar refractivity (Wildman–Crippen MR) is 71.4 cm³/mol. The van der Waals surface area contributed by atoms with Gasteiger partial charge in [0.25, 0.3) is 0 Å². The molecule has 2 nitrogen and oxygen atoms in total. The van der Waals surface area contributed by atoms with Crippen molar-refractivity contribution in [1.82, 2.24) is 0 Å². The lowest BCUT2D eigenvalue weighted by molar-refractivity contribution is -0.672. The Kier molecular flexibility index (Phi) is 3.65. The number of ether oxygens (including phenoxy) is 1. The first-order chi connectivity index (χ1) is 8.26. The van der Waals surface area contributed by atoms with Crippen LogP contribution in [0.5, 0.6) is 5.75 Å². The van der Waals surface area contributed by atoms with Crippen LogP contribution in [-0.2, 0) is 6.54 Å². The van der Waals surface area contributed by atoms with Crippen LogP contribution in [0.2, 0.25) is 0 Å². The number of aromatic nitrogens is 1. The Labute approximate surface area is 106 Å². The summed E-state index contributed by atoms with van der Waals surface area (Å²) in [4.78, 5) is 0. The summed E-state index contributed by atoms with van der Waals surface area (Å²) < 4.78 is 9.09. The highest BCUT2D eigenvalue weighted by Crippen LogP contribution is 2.24. The minimum absolute atomic E-state index is 0.322. The van der Waals surface area contributed by atoms with Gasteiger partial charge in [0.05, 0.1) is 6.07 Å². The van der Waals surface area contributed by atoms with Gasteiger partial charge in [-0.1, -0.05) is 24.2 Å². The summed E-state index contributed by atoms with van der Waals surface area (Å²) in [6.07, 6.45) is 6.32. The molecule has 1 aromatic carbocycles. The molecule has 0 bridgehead atoms. The molecule has 0 atom stereocenters. The summed E-state index contributed by atoms with van der Waals surface area (Å²) in [5, 5.41) is 1.33. The quantitative estimate of drug-likeness (QED) is 0.597. The van der Waals surface area contributed by atoms with Crippen LogP contribution in [-0.4, -0.2) is 6.61 Å². The standard InChI is InChI=1S/C14H16NOS/c1-4-8-15-11(3)17-14-7-6-12(10-13(14)15)16-9-5-2/h2,6-7,10H,4,8-9H2,1,3H3/q+1. The highest BCUT2D eigenvalue weighted by Gasteiger charge is 2.16. The lowest BCUT2D eigenvalue weighted by Gasteiger charge is -2.00. The van der Waals surface area contributed by atoms with Crippen molar-refractivity contribution in [2.75, 3.05) is 6.61 Å². The van der Waals surface area contributed by atoms with Crippen LogP contribution in [0.4, 0.5) is 0 Å². The molecule has 0 amide bonds. The first kappa shape index (κ1) is 11.9. The van der Waals surface area contributed by atoms with Gasteiger partial charge in [-0.05, 0) is 12.1 Å². The van der Waals surface area contributed by atoms with Gasteiger partial charge in [0.2, 0.25) is 10.5 Å². The van der Waals surface area contributed by atoms with E-state index in [1.807, 2.05) is 17.4 Å². The van der Waals surface area contributed by atoms with Gasteiger partial charge in [-0.25, -0.2) is 0 Å². The van der Waals surface area contributed by atoms with Gasteiger partial charge in [-0.2, -0.15) is 4.57 Å². The van der Waals surface area contributed by atoms with E-state index in [4.69, 9.17) is 11.2 Å². The number of rotatable bonds is 4. The summed E-state index contributed by atoms with van der Waals surface area (Å²) >= 11 is 1.82. The van der Waals surface area contributed by atoms with Crippen LogP contribution in [0.15, 0.2) is 18.2 Å². The molecule has 0 N–H and O–H groups in total. The number of fused-ring (bicyclic) bond motifs is 1. The summed E-state index contributed by atoms with van der Waals surface area (Å²) in [6, 6.07) is 6.16. The fourth-order valence-electron chi connectivity index (χ4n) is 1.89. The normalized spacial score (nSPS) is 10.4. The van der Waals surface area contributed by atoms with Crippen LogP contribution in [0, 0.1) is 19.3 Å². The second kappa shape index (κ2) is 5.20. The van der Waals surface area contributed by atoms with E-state index in [2.05, 4.69) is 36.5 Å². The van der Waals surface area contributed by atoms with Crippen molar-refractivity contribution < 1.29 is 9.30 Å². The van der Waals surface area contributed by atoms with Gasteiger partial charge in [0.15, 0.2) is 0 Å². The van der Waals surface area contributed by atoms with Gasteiger partial charge < -0.3 is 4.74 Å². The fourth-order valence-corrected chi connectivity index (χ4v) is 2.92. The molecule has 0 aliphatic heterocycles. The Bertz CT molecular complexity index is 565. The Morgan fingerprint density at radius 1 is 1.47 bits per heavy atom. The van der Waals surface area contributed by atoms with Crippen LogP contribution in [0.25, 0.3) is 10.2 Å².